The van der Waals surface area contributed by atoms with Crippen molar-refractivity contribution in [3.05, 3.63) is 30.1 Å². The van der Waals surface area contributed by atoms with Crippen molar-refractivity contribution in [1.82, 2.24) is 0 Å². The molecule has 0 aliphatic rings. The quantitative estimate of drug-likeness (QED) is 0.423. The van der Waals surface area contributed by atoms with Gasteiger partial charge >= 0.3 is 30.0 Å². The summed E-state index contributed by atoms with van der Waals surface area (Å²) in [5.74, 6) is 0.276. The third-order valence-corrected chi connectivity index (χ3v) is 1.99. The minimum absolute atomic E-state index is 0.295. The Hall–Kier alpha value is 0.0534. The molecule has 0 atom stereocenters. The summed E-state index contributed by atoms with van der Waals surface area (Å²) in [6.45, 7) is 2.83. The molecule has 0 bridgehead atoms. The van der Waals surface area contributed by atoms with Crippen molar-refractivity contribution in [2.45, 2.75) is 32.6 Å². The van der Waals surface area contributed by atoms with E-state index in [0.29, 0.717) is 12.4 Å². The van der Waals surface area contributed by atoms with Gasteiger partial charge in [-0.1, -0.05) is 32.3 Å². The van der Waals surface area contributed by atoms with Gasteiger partial charge in [-0.3, -0.25) is 4.39 Å². The Labute approximate surface area is 114 Å². The van der Waals surface area contributed by atoms with E-state index in [4.69, 9.17) is 4.74 Å². The molecule has 0 N–H and O–H groups in total. The molecule has 4 heteroatoms. The molecule has 0 spiro atoms. The van der Waals surface area contributed by atoms with Gasteiger partial charge < -0.3 is 4.74 Å². The molecular formula is C12H16BrFOZn. The van der Waals surface area contributed by atoms with E-state index >= 15 is 0 Å². The van der Waals surface area contributed by atoms with Gasteiger partial charge in [-0.15, -0.1) is 12.1 Å². The number of rotatable bonds is 6. The molecule has 1 aromatic carbocycles. The Morgan fingerprint density at radius 1 is 1.31 bits per heavy atom. The molecule has 0 heterocycles. The normalized spacial score (nSPS) is 9.31. The summed E-state index contributed by atoms with van der Waals surface area (Å²) in [6.07, 6.45) is 4.66. The number of hydrogen-bond acceptors (Lipinski definition) is 1. The molecule has 0 amide bonds. The van der Waals surface area contributed by atoms with Gasteiger partial charge in [0.1, 0.15) is 0 Å². The Morgan fingerprint density at radius 3 is 2.69 bits per heavy atom. The van der Waals surface area contributed by atoms with E-state index in [1.54, 1.807) is 6.07 Å². The first-order chi connectivity index (χ1) is 7.83. The topological polar surface area (TPSA) is 9.23 Å². The zero-order valence-electron chi connectivity index (χ0n) is 9.64. The van der Waals surface area contributed by atoms with Crippen LogP contribution in [0.1, 0.15) is 32.6 Å². The first-order valence-electron chi connectivity index (χ1n) is 5.39. The summed E-state index contributed by atoms with van der Waals surface area (Å²) >= 11 is 4.25. The average molecular weight is 341 g/mol. The van der Waals surface area contributed by atoms with Gasteiger partial charge in [0.2, 0.25) is 0 Å². The first kappa shape index (κ1) is 16.1. The monoisotopic (exact) mass is 338 g/mol. The van der Waals surface area contributed by atoms with Gasteiger partial charge in [0.15, 0.2) is 0 Å². The SMILES string of the molecule is CCCCCCOc1c[c-]cc(F)c1.[Zn+][Br]. The predicted octanol–water partition coefficient (Wildman–Crippen LogP) is 4.43. The van der Waals surface area contributed by atoms with Crippen molar-refractivity contribution in [2.24, 2.45) is 0 Å². The van der Waals surface area contributed by atoms with E-state index in [-0.39, 0.29) is 5.82 Å². The Balaban J connectivity index is 0.00000106. The molecule has 1 aromatic rings. The average Bonchev–Trinajstić information content (AvgIpc) is 2.32. The van der Waals surface area contributed by atoms with Crippen molar-refractivity contribution in [1.29, 1.82) is 0 Å². The van der Waals surface area contributed by atoms with Crippen LogP contribution in [0.5, 0.6) is 5.75 Å². The van der Waals surface area contributed by atoms with Gasteiger partial charge in [-0.2, -0.15) is 6.07 Å². The fraction of sp³-hybridized carbons (Fsp3) is 0.500. The zero-order chi connectivity index (χ0) is 12.2. The van der Waals surface area contributed by atoms with Crippen molar-refractivity contribution in [3.63, 3.8) is 0 Å². The minimum atomic E-state index is -0.295. The van der Waals surface area contributed by atoms with Gasteiger partial charge in [-0.25, -0.2) is 0 Å². The van der Waals surface area contributed by atoms with E-state index in [1.807, 2.05) is 0 Å². The second-order valence-corrected chi connectivity index (χ2v) is 3.30. The summed E-state index contributed by atoms with van der Waals surface area (Å²) in [6, 6.07) is 7.02. The van der Waals surface area contributed by atoms with Crippen LogP contribution in [0.3, 0.4) is 0 Å². The van der Waals surface area contributed by atoms with Crippen molar-refractivity contribution in [2.75, 3.05) is 6.61 Å². The molecule has 86 valence electrons. The molecule has 0 radical (unpaired) electrons. The first-order valence-corrected chi connectivity index (χ1v) is 12.3. The number of ether oxygens (including phenoxy) is 1. The van der Waals surface area contributed by atoms with Crippen LogP contribution in [0, 0.1) is 11.9 Å². The summed E-state index contributed by atoms with van der Waals surface area (Å²) in [5.41, 5.74) is 0. The van der Waals surface area contributed by atoms with Gasteiger partial charge in [0.05, 0.1) is 6.61 Å². The van der Waals surface area contributed by atoms with Crippen LogP contribution in [0.4, 0.5) is 4.39 Å². The number of benzene rings is 1. The van der Waals surface area contributed by atoms with Crippen LogP contribution in [-0.2, 0) is 16.3 Å². The van der Waals surface area contributed by atoms with Crippen molar-refractivity contribution < 1.29 is 25.5 Å². The van der Waals surface area contributed by atoms with Crippen LogP contribution in [-0.4, -0.2) is 6.61 Å². The van der Waals surface area contributed by atoms with Crippen LogP contribution in [0.15, 0.2) is 18.2 Å². The molecule has 1 rings (SSSR count). The fourth-order valence-electron chi connectivity index (χ4n) is 1.22. The Bertz CT molecular complexity index is 271. The number of unbranched alkanes of at least 4 members (excludes halogenated alkanes) is 3. The number of halogens is 2. The summed E-state index contributed by atoms with van der Waals surface area (Å²) in [5, 5.41) is 0. The van der Waals surface area contributed by atoms with Crippen LogP contribution < -0.4 is 4.74 Å². The van der Waals surface area contributed by atoms with E-state index in [2.05, 4.69) is 26.6 Å². The van der Waals surface area contributed by atoms with Crippen molar-refractivity contribution in [3.8, 4) is 5.75 Å². The third kappa shape index (κ3) is 8.23. The zero-order valence-corrected chi connectivity index (χ0v) is 14.2. The summed E-state index contributed by atoms with van der Waals surface area (Å²) in [4.78, 5) is 0. The molecule has 0 aliphatic heterocycles. The molecule has 0 aromatic heterocycles. The molecule has 16 heavy (non-hydrogen) atoms. The molecule has 0 fully saturated rings. The van der Waals surface area contributed by atoms with Crippen LogP contribution in [0.2, 0.25) is 0 Å². The molecular weight excluding hydrogens is 324 g/mol. The molecule has 0 saturated heterocycles. The summed E-state index contributed by atoms with van der Waals surface area (Å²) < 4.78 is 18.0. The van der Waals surface area contributed by atoms with Gasteiger partial charge in [0, 0.05) is 11.6 Å². The van der Waals surface area contributed by atoms with E-state index in [0.717, 1.165) is 6.42 Å². The van der Waals surface area contributed by atoms with Crippen LogP contribution in [0.25, 0.3) is 0 Å². The van der Waals surface area contributed by atoms with Gasteiger partial charge in [0.25, 0.3) is 0 Å². The van der Waals surface area contributed by atoms with Crippen molar-refractivity contribution >= 4 is 13.6 Å². The Kier molecular flexibility index (Phi) is 11.6. The van der Waals surface area contributed by atoms with Crippen LogP contribution >= 0.6 is 13.6 Å². The second kappa shape index (κ2) is 11.5. The van der Waals surface area contributed by atoms with E-state index in [1.165, 1.54) is 47.7 Å². The predicted molar refractivity (Wildman–Crippen MR) is 63.8 cm³/mol. The molecule has 1 nitrogen and oxygen atoms in total. The second-order valence-electron chi connectivity index (χ2n) is 3.30. The number of hydrogen-bond donors (Lipinski definition) is 0. The molecule has 0 saturated carbocycles. The van der Waals surface area contributed by atoms with Gasteiger partial charge in [-0.05, 0) is 6.42 Å². The van der Waals surface area contributed by atoms with E-state index in [9.17, 15) is 4.39 Å². The maximum atomic E-state index is 12.7. The summed E-state index contributed by atoms with van der Waals surface area (Å²) in [7, 11) is 0. The molecule has 0 aliphatic carbocycles. The third-order valence-electron chi connectivity index (χ3n) is 1.99. The maximum absolute atomic E-state index is 12.7. The fourth-order valence-corrected chi connectivity index (χ4v) is 1.22. The van der Waals surface area contributed by atoms with E-state index < -0.39 is 0 Å². The standard InChI is InChI=1S/C12H16FO.BrH.Zn/c1-2-3-4-5-9-14-12-8-6-7-11(13)10-12;;/h7-8,10H,2-5,9H2,1H3;1H;/q-1;;+2/p-1. The molecule has 0 unspecified atom stereocenters. The Morgan fingerprint density at radius 2 is 2.06 bits per heavy atom.